The number of halogens is 2. The number of para-hydroxylation sites is 1. The third-order valence-corrected chi connectivity index (χ3v) is 5.17. The van der Waals surface area contributed by atoms with Gasteiger partial charge in [0.2, 0.25) is 0 Å². The maximum Gasteiger partial charge on any atom is 0.166 e. The van der Waals surface area contributed by atoms with E-state index in [2.05, 4.69) is 5.32 Å². The molecule has 0 aliphatic rings. The molecule has 3 aromatic carbocycles. The zero-order valence-corrected chi connectivity index (χ0v) is 18.3. The number of nitrogens with one attached hydrogen (secondary N) is 1. The Morgan fingerprint density at radius 1 is 0.933 bits per heavy atom. The molecule has 3 rings (SSSR count). The minimum absolute atomic E-state index is 0.291. The van der Waals surface area contributed by atoms with E-state index < -0.39 is 6.10 Å². The average molecular weight is 446 g/mol. The van der Waals surface area contributed by atoms with Gasteiger partial charge in [0.15, 0.2) is 11.5 Å². The number of hydrogen-bond acceptors (Lipinski definition) is 4. The zero-order chi connectivity index (χ0) is 21.3. The fourth-order valence-electron chi connectivity index (χ4n) is 3.06. The number of hydrogen-bond donors (Lipinski definition) is 2. The van der Waals surface area contributed by atoms with E-state index in [1.54, 1.807) is 12.1 Å². The van der Waals surface area contributed by atoms with E-state index in [4.69, 9.17) is 32.7 Å². The summed E-state index contributed by atoms with van der Waals surface area (Å²) in [5, 5.41) is 14.8. The molecule has 4 nitrogen and oxygen atoms in total. The molecule has 3 aromatic rings. The van der Waals surface area contributed by atoms with Crippen LogP contribution in [-0.2, 0) is 13.2 Å². The van der Waals surface area contributed by atoms with Gasteiger partial charge in [0.05, 0.1) is 12.7 Å². The van der Waals surface area contributed by atoms with Crippen molar-refractivity contribution in [2.45, 2.75) is 26.2 Å². The highest BCUT2D eigenvalue weighted by molar-refractivity contribution is 6.35. The highest BCUT2D eigenvalue weighted by Crippen LogP contribution is 2.33. The Morgan fingerprint density at radius 2 is 1.73 bits per heavy atom. The molecule has 0 saturated carbocycles. The van der Waals surface area contributed by atoms with Crippen molar-refractivity contribution in [3.8, 4) is 11.5 Å². The highest BCUT2D eigenvalue weighted by Gasteiger charge is 2.13. The molecule has 158 valence electrons. The molecule has 2 N–H and O–H groups in total. The van der Waals surface area contributed by atoms with Crippen molar-refractivity contribution in [3.63, 3.8) is 0 Å². The number of ether oxygens (including phenoxy) is 2. The summed E-state index contributed by atoms with van der Waals surface area (Å²) < 4.78 is 11.9. The first-order chi connectivity index (χ1) is 14.6. The lowest BCUT2D eigenvalue weighted by Crippen LogP contribution is -2.21. The summed E-state index contributed by atoms with van der Waals surface area (Å²) in [6.45, 7) is 3.70. The standard InChI is InChI=1S/C24H25Cl2NO3/c1-2-29-23-10-6-9-18(14-27-15-22(28)17-7-4-3-5-8-17)24(23)30-16-19-11-12-20(25)13-21(19)26/h3-13,22,27-28H,2,14-16H2,1H3. The second kappa shape index (κ2) is 11.2. The Hall–Kier alpha value is -2.24. The van der Waals surface area contributed by atoms with E-state index in [0.29, 0.717) is 47.8 Å². The first kappa shape index (κ1) is 22.4. The molecule has 6 heteroatoms. The first-order valence-corrected chi connectivity index (χ1v) is 10.6. The summed E-state index contributed by atoms with van der Waals surface area (Å²) in [5.41, 5.74) is 2.65. The molecule has 0 amide bonds. The van der Waals surface area contributed by atoms with E-state index in [-0.39, 0.29) is 0 Å². The molecule has 0 aromatic heterocycles. The van der Waals surface area contributed by atoms with Crippen molar-refractivity contribution in [1.82, 2.24) is 5.32 Å². The molecule has 0 bridgehead atoms. The van der Waals surface area contributed by atoms with Gasteiger partial charge in [-0.2, -0.15) is 0 Å². The smallest absolute Gasteiger partial charge is 0.166 e. The van der Waals surface area contributed by atoms with Gasteiger partial charge in [-0.3, -0.25) is 0 Å². The summed E-state index contributed by atoms with van der Waals surface area (Å²) in [4.78, 5) is 0. The third-order valence-electron chi connectivity index (χ3n) is 4.58. The highest BCUT2D eigenvalue weighted by atomic mass is 35.5. The van der Waals surface area contributed by atoms with Gasteiger partial charge in [-0.1, -0.05) is 71.7 Å². The maximum absolute atomic E-state index is 10.4. The van der Waals surface area contributed by atoms with Gasteiger partial charge < -0.3 is 19.9 Å². The Labute approximate surface area is 187 Å². The van der Waals surface area contributed by atoms with Gasteiger partial charge in [-0.15, -0.1) is 0 Å². The zero-order valence-electron chi connectivity index (χ0n) is 16.8. The Morgan fingerprint density at radius 3 is 2.47 bits per heavy atom. The van der Waals surface area contributed by atoms with Crippen molar-refractivity contribution in [1.29, 1.82) is 0 Å². The molecule has 0 fully saturated rings. The molecule has 30 heavy (non-hydrogen) atoms. The summed E-state index contributed by atoms with van der Waals surface area (Å²) in [5.74, 6) is 1.33. The van der Waals surface area contributed by atoms with Crippen LogP contribution in [0, 0.1) is 0 Å². The van der Waals surface area contributed by atoms with Crippen molar-refractivity contribution in [3.05, 3.63) is 93.5 Å². The van der Waals surface area contributed by atoms with Gasteiger partial charge in [-0.05, 0) is 30.7 Å². The lowest BCUT2D eigenvalue weighted by molar-refractivity contribution is 0.174. The van der Waals surface area contributed by atoms with Gasteiger partial charge in [0.25, 0.3) is 0 Å². The van der Waals surface area contributed by atoms with E-state index >= 15 is 0 Å². The van der Waals surface area contributed by atoms with Crippen LogP contribution >= 0.6 is 23.2 Å². The summed E-state index contributed by atoms with van der Waals surface area (Å²) in [6, 6.07) is 20.7. The van der Waals surface area contributed by atoms with Crippen molar-refractivity contribution < 1.29 is 14.6 Å². The molecule has 0 aliphatic carbocycles. The average Bonchev–Trinajstić information content (AvgIpc) is 2.75. The van der Waals surface area contributed by atoms with E-state index in [1.807, 2.05) is 61.5 Å². The SMILES string of the molecule is CCOc1cccc(CNCC(O)c2ccccc2)c1OCc1ccc(Cl)cc1Cl. The molecule has 0 saturated heterocycles. The van der Waals surface area contributed by atoms with Gasteiger partial charge in [0.1, 0.15) is 6.61 Å². The van der Waals surface area contributed by atoms with Crippen LogP contribution in [0.2, 0.25) is 10.0 Å². The Kier molecular flexibility index (Phi) is 8.40. The Bertz CT molecular complexity index is 950. The van der Waals surface area contributed by atoms with Crippen LogP contribution < -0.4 is 14.8 Å². The van der Waals surface area contributed by atoms with Gasteiger partial charge >= 0.3 is 0 Å². The third kappa shape index (κ3) is 6.13. The lowest BCUT2D eigenvalue weighted by Gasteiger charge is -2.18. The first-order valence-electron chi connectivity index (χ1n) is 9.83. The number of aliphatic hydroxyl groups excluding tert-OH is 1. The number of benzene rings is 3. The van der Waals surface area contributed by atoms with Crippen molar-refractivity contribution in [2.24, 2.45) is 0 Å². The Balaban J connectivity index is 1.69. The quantitative estimate of drug-likeness (QED) is 0.414. The number of rotatable bonds is 10. The van der Waals surface area contributed by atoms with Crippen LogP contribution in [0.4, 0.5) is 0 Å². The minimum Gasteiger partial charge on any atom is -0.490 e. The van der Waals surface area contributed by atoms with Crippen molar-refractivity contribution >= 4 is 23.2 Å². The largest absolute Gasteiger partial charge is 0.490 e. The summed E-state index contributed by atoms with van der Waals surface area (Å²) >= 11 is 12.3. The van der Waals surface area contributed by atoms with Crippen LogP contribution in [0.5, 0.6) is 11.5 Å². The number of aliphatic hydroxyl groups is 1. The van der Waals surface area contributed by atoms with Gasteiger partial charge in [-0.25, -0.2) is 0 Å². The van der Waals surface area contributed by atoms with Crippen LogP contribution in [0.3, 0.4) is 0 Å². The van der Waals surface area contributed by atoms with E-state index in [1.165, 1.54) is 0 Å². The summed E-state index contributed by atoms with van der Waals surface area (Å²) in [7, 11) is 0. The molecule has 0 aliphatic heterocycles. The van der Waals surface area contributed by atoms with Crippen LogP contribution in [-0.4, -0.2) is 18.3 Å². The van der Waals surface area contributed by atoms with Crippen molar-refractivity contribution in [2.75, 3.05) is 13.2 Å². The van der Waals surface area contributed by atoms with Crippen LogP contribution in [0.15, 0.2) is 66.7 Å². The second-order valence-electron chi connectivity index (χ2n) is 6.76. The van der Waals surface area contributed by atoms with Gasteiger partial charge in [0, 0.05) is 34.3 Å². The molecule has 0 spiro atoms. The minimum atomic E-state index is -0.585. The topological polar surface area (TPSA) is 50.7 Å². The van der Waals surface area contributed by atoms with Crippen LogP contribution in [0.1, 0.15) is 29.7 Å². The molecule has 1 atom stereocenters. The van der Waals surface area contributed by atoms with E-state index in [9.17, 15) is 5.11 Å². The lowest BCUT2D eigenvalue weighted by atomic mass is 10.1. The van der Waals surface area contributed by atoms with E-state index in [0.717, 1.165) is 16.7 Å². The normalized spacial score (nSPS) is 11.9. The monoisotopic (exact) mass is 445 g/mol. The maximum atomic E-state index is 10.4. The predicted molar refractivity (Wildman–Crippen MR) is 122 cm³/mol. The predicted octanol–water partition coefficient (Wildman–Crippen LogP) is 5.79. The summed E-state index contributed by atoms with van der Waals surface area (Å²) in [6.07, 6.45) is -0.585. The fraction of sp³-hybridized carbons (Fsp3) is 0.250. The molecule has 1 unspecified atom stereocenters. The molecular weight excluding hydrogens is 421 g/mol. The molecule has 0 heterocycles. The molecular formula is C24H25Cl2NO3. The van der Waals surface area contributed by atoms with Crippen LogP contribution in [0.25, 0.3) is 0 Å². The molecule has 0 radical (unpaired) electrons. The second-order valence-corrected chi connectivity index (χ2v) is 7.60. The fourth-order valence-corrected chi connectivity index (χ4v) is 3.52.